The minimum atomic E-state index is -0.606. The number of hydroxylamine groups is 2. The minimum absolute atomic E-state index is 0.289. The summed E-state index contributed by atoms with van der Waals surface area (Å²) in [6.45, 7) is 1.60. The van der Waals surface area contributed by atoms with Crippen molar-refractivity contribution >= 4 is 12.3 Å². The topological polar surface area (TPSA) is 83.6 Å². The highest BCUT2D eigenvalue weighted by Gasteiger charge is 2.26. The molecule has 0 aliphatic rings. The van der Waals surface area contributed by atoms with E-state index >= 15 is 0 Å². The van der Waals surface area contributed by atoms with Gasteiger partial charge in [0.2, 0.25) is 12.3 Å². The molecule has 0 aliphatic carbocycles. The van der Waals surface area contributed by atoms with Crippen molar-refractivity contribution in [2.24, 2.45) is 11.7 Å². The van der Waals surface area contributed by atoms with E-state index in [4.69, 9.17) is 5.73 Å². The summed E-state index contributed by atoms with van der Waals surface area (Å²) in [5.74, 6) is -1.04. The Balaban J connectivity index is 2.51. The van der Waals surface area contributed by atoms with Crippen molar-refractivity contribution in [3.05, 3.63) is 35.9 Å². The third-order valence-electron chi connectivity index (χ3n) is 3.30. The third-order valence-corrected chi connectivity index (χ3v) is 3.30. The number of hydrogen-bond donors (Lipinski definition) is 2. The molecule has 0 saturated carbocycles. The van der Waals surface area contributed by atoms with Crippen molar-refractivity contribution < 1.29 is 14.8 Å². The van der Waals surface area contributed by atoms with Crippen LogP contribution < -0.4 is 5.73 Å². The fourth-order valence-electron chi connectivity index (χ4n) is 2.07. The molecule has 5 heteroatoms. The Morgan fingerprint density at radius 1 is 1.42 bits per heavy atom. The van der Waals surface area contributed by atoms with Crippen LogP contribution in [0.25, 0.3) is 0 Å². The first-order chi connectivity index (χ1) is 9.06. The lowest BCUT2D eigenvalue weighted by Crippen LogP contribution is -2.41. The van der Waals surface area contributed by atoms with Gasteiger partial charge in [0.05, 0.1) is 12.0 Å². The lowest BCUT2D eigenvalue weighted by Gasteiger charge is -2.25. The number of amides is 2. The largest absolute Gasteiger partial charge is 0.369 e. The molecule has 0 aromatic heterocycles. The molecule has 0 saturated heterocycles. The minimum Gasteiger partial charge on any atom is -0.369 e. The zero-order valence-corrected chi connectivity index (χ0v) is 11.0. The number of nitrogens with two attached hydrogens (primary N) is 1. The fourth-order valence-corrected chi connectivity index (χ4v) is 2.07. The lowest BCUT2D eigenvalue weighted by atomic mass is 9.93. The second-order valence-electron chi connectivity index (χ2n) is 4.61. The summed E-state index contributed by atoms with van der Waals surface area (Å²) in [5, 5.41) is 9.82. The summed E-state index contributed by atoms with van der Waals surface area (Å²) in [7, 11) is 0. The molecule has 104 valence electrons. The van der Waals surface area contributed by atoms with E-state index in [-0.39, 0.29) is 6.41 Å². The molecule has 0 heterocycles. The Morgan fingerprint density at radius 2 is 2.05 bits per heavy atom. The maximum atomic E-state index is 11.4. The molecule has 1 aromatic rings. The van der Waals surface area contributed by atoms with Gasteiger partial charge < -0.3 is 5.73 Å². The van der Waals surface area contributed by atoms with Crippen LogP contribution in [0.2, 0.25) is 0 Å². The van der Waals surface area contributed by atoms with E-state index in [1.807, 2.05) is 30.3 Å². The first-order valence-electron chi connectivity index (χ1n) is 6.32. The number of benzene rings is 1. The third kappa shape index (κ3) is 4.71. The number of nitrogens with zero attached hydrogens (tertiary/aromatic N) is 1. The summed E-state index contributed by atoms with van der Waals surface area (Å²) in [5.41, 5.74) is 6.51. The van der Waals surface area contributed by atoms with Gasteiger partial charge in [0, 0.05) is 0 Å². The molecule has 5 nitrogen and oxygen atoms in total. The van der Waals surface area contributed by atoms with Gasteiger partial charge in [-0.15, -0.1) is 0 Å². The molecule has 2 unspecified atom stereocenters. The predicted molar refractivity (Wildman–Crippen MR) is 71.2 cm³/mol. The van der Waals surface area contributed by atoms with Crippen molar-refractivity contribution in [2.75, 3.05) is 0 Å². The van der Waals surface area contributed by atoms with Crippen LogP contribution in [-0.4, -0.2) is 28.6 Å². The molecule has 0 spiro atoms. The number of rotatable bonds is 8. The van der Waals surface area contributed by atoms with Crippen molar-refractivity contribution in [3.8, 4) is 0 Å². The van der Waals surface area contributed by atoms with Gasteiger partial charge in [0.1, 0.15) is 0 Å². The summed E-state index contributed by atoms with van der Waals surface area (Å²) in [6.07, 6.45) is 2.44. The fraction of sp³-hybridized carbons (Fsp3) is 0.429. The Kier molecular flexibility index (Phi) is 6.02. The summed E-state index contributed by atoms with van der Waals surface area (Å²) in [6, 6.07) is 9.31. The zero-order valence-electron chi connectivity index (χ0n) is 11.0. The highest BCUT2D eigenvalue weighted by molar-refractivity contribution is 5.77. The highest BCUT2D eigenvalue weighted by atomic mass is 16.5. The molecular weight excluding hydrogens is 244 g/mol. The molecule has 19 heavy (non-hydrogen) atoms. The van der Waals surface area contributed by atoms with E-state index in [9.17, 15) is 14.8 Å². The van der Waals surface area contributed by atoms with Gasteiger partial charge in [0.25, 0.3) is 0 Å². The number of carbonyl (C=O) groups excluding carboxylic acids is 2. The quantitative estimate of drug-likeness (QED) is 0.422. The Morgan fingerprint density at radius 3 is 2.58 bits per heavy atom. The van der Waals surface area contributed by atoms with E-state index < -0.39 is 17.9 Å². The van der Waals surface area contributed by atoms with Crippen LogP contribution in [0.15, 0.2) is 30.3 Å². The lowest BCUT2D eigenvalue weighted by molar-refractivity contribution is -0.165. The van der Waals surface area contributed by atoms with E-state index in [1.165, 1.54) is 5.56 Å². The monoisotopic (exact) mass is 264 g/mol. The van der Waals surface area contributed by atoms with E-state index in [2.05, 4.69) is 0 Å². The van der Waals surface area contributed by atoms with Gasteiger partial charge in [-0.25, -0.2) is 5.06 Å². The molecule has 0 bridgehead atoms. The number of primary amides is 1. The molecule has 3 N–H and O–H groups in total. The number of aryl methyl sites for hydroxylation is 1. The van der Waals surface area contributed by atoms with Gasteiger partial charge in [-0.2, -0.15) is 0 Å². The van der Waals surface area contributed by atoms with Crippen molar-refractivity contribution in [1.29, 1.82) is 0 Å². The normalized spacial score (nSPS) is 13.6. The molecule has 2 atom stereocenters. The molecule has 0 radical (unpaired) electrons. The van der Waals surface area contributed by atoms with Crippen LogP contribution >= 0.6 is 0 Å². The Labute approximate surface area is 113 Å². The maximum absolute atomic E-state index is 11.4. The number of hydrogen-bond acceptors (Lipinski definition) is 3. The van der Waals surface area contributed by atoms with Crippen LogP contribution in [0.5, 0.6) is 0 Å². The summed E-state index contributed by atoms with van der Waals surface area (Å²) >= 11 is 0. The Bertz CT molecular complexity index is 408. The molecule has 2 amide bonds. The summed E-state index contributed by atoms with van der Waals surface area (Å²) < 4.78 is 0. The van der Waals surface area contributed by atoms with Crippen molar-refractivity contribution in [2.45, 2.75) is 32.2 Å². The molecule has 1 aromatic carbocycles. The van der Waals surface area contributed by atoms with Crippen LogP contribution in [0, 0.1) is 5.92 Å². The average molecular weight is 264 g/mol. The maximum Gasteiger partial charge on any atom is 0.233 e. The van der Waals surface area contributed by atoms with Crippen LogP contribution in [0.4, 0.5) is 0 Å². The van der Waals surface area contributed by atoms with Crippen LogP contribution in [-0.2, 0) is 16.0 Å². The van der Waals surface area contributed by atoms with E-state index in [0.29, 0.717) is 11.5 Å². The van der Waals surface area contributed by atoms with Crippen LogP contribution in [0.3, 0.4) is 0 Å². The first kappa shape index (κ1) is 15.2. The van der Waals surface area contributed by atoms with E-state index in [1.54, 1.807) is 6.92 Å². The van der Waals surface area contributed by atoms with Crippen molar-refractivity contribution in [1.82, 2.24) is 5.06 Å². The zero-order chi connectivity index (χ0) is 14.3. The highest BCUT2D eigenvalue weighted by Crippen LogP contribution is 2.16. The number of carbonyl (C=O) groups is 2. The van der Waals surface area contributed by atoms with Crippen molar-refractivity contribution in [3.63, 3.8) is 0 Å². The van der Waals surface area contributed by atoms with Gasteiger partial charge >= 0.3 is 0 Å². The SMILES string of the molecule is CC(C(CCCc1ccccc1)C(N)=O)N(O)C=O. The van der Waals surface area contributed by atoms with Gasteiger partial charge in [0.15, 0.2) is 0 Å². The van der Waals surface area contributed by atoms with Gasteiger partial charge in [-0.3, -0.25) is 14.8 Å². The summed E-state index contributed by atoms with van der Waals surface area (Å²) in [4.78, 5) is 21.9. The molecule has 1 rings (SSSR count). The van der Waals surface area contributed by atoms with Crippen LogP contribution in [0.1, 0.15) is 25.3 Å². The Hall–Kier alpha value is -1.88. The molecular formula is C14H20N2O3. The standard InChI is InChI=1S/C14H20N2O3/c1-11(16(19)10-17)13(14(15)18)9-5-8-12-6-3-2-4-7-12/h2-4,6-7,10-11,13,19H,5,8-9H2,1H3,(H2,15,18). The van der Waals surface area contributed by atoms with E-state index in [0.717, 1.165) is 12.8 Å². The first-order valence-corrected chi connectivity index (χ1v) is 6.32. The molecule has 0 fully saturated rings. The smallest absolute Gasteiger partial charge is 0.233 e. The van der Waals surface area contributed by atoms with Gasteiger partial charge in [-0.05, 0) is 31.7 Å². The molecule has 0 aliphatic heterocycles. The second-order valence-corrected chi connectivity index (χ2v) is 4.61. The predicted octanol–water partition coefficient (Wildman–Crippen LogP) is 1.35. The average Bonchev–Trinajstić information content (AvgIpc) is 2.42. The second kappa shape index (κ2) is 7.53. The van der Waals surface area contributed by atoms with Gasteiger partial charge in [-0.1, -0.05) is 30.3 Å².